The number of aromatic nitrogens is 1. The van der Waals surface area contributed by atoms with Crippen molar-refractivity contribution < 1.29 is 22.3 Å². The Balaban J connectivity index is 1.90. The number of carbonyl (C=O) groups is 1. The fourth-order valence-electron chi connectivity index (χ4n) is 2.55. The minimum absolute atomic E-state index is 0.0122. The number of esters is 1. The third-order valence-corrected chi connectivity index (χ3v) is 5.60. The number of carbonyl (C=O) groups excluding carboxylic acids is 1. The fraction of sp³-hybridized carbons (Fsp3) is 0.176. The van der Waals surface area contributed by atoms with E-state index in [1.165, 1.54) is 35.8 Å². The second kappa shape index (κ2) is 6.64. The molecule has 1 aliphatic heterocycles. The van der Waals surface area contributed by atoms with Gasteiger partial charge in [0.2, 0.25) is 0 Å². The van der Waals surface area contributed by atoms with E-state index in [9.17, 15) is 17.6 Å². The quantitative estimate of drug-likeness (QED) is 0.615. The van der Waals surface area contributed by atoms with Gasteiger partial charge >= 0.3 is 5.97 Å². The minimum Gasteiger partial charge on any atom is -0.466 e. The molecule has 0 bridgehead atoms. The van der Waals surface area contributed by atoms with Crippen molar-refractivity contribution in [1.82, 2.24) is 4.98 Å². The zero-order valence-corrected chi connectivity index (χ0v) is 14.2. The van der Waals surface area contributed by atoms with Crippen molar-refractivity contribution in [3.05, 3.63) is 59.5 Å². The summed E-state index contributed by atoms with van der Waals surface area (Å²) in [5.74, 6) is -0.638. The zero-order chi connectivity index (χ0) is 18.0. The van der Waals surface area contributed by atoms with Crippen LogP contribution >= 0.6 is 0 Å². The van der Waals surface area contributed by atoms with Crippen LogP contribution in [0.25, 0.3) is 6.08 Å². The second-order valence-corrected chi connectivity index (χ2v) is 7.25. The van der Waals surface area contributed by atoms with Crippen molar-refractivity contribution in [3.8, 4) is 0 Å². The first kappa shape index (κ1) is 17.1. The molecule has 0 unspecified atom stereocenters. The molecule has 0 radical (unpaired) electrons. The highest BCUT2D eigenvalue weighted by Crippen LogP contribution is 2.31. The first-order chi connectivity index (χ1) is 11.9. The molecule has 0 N–H and O–H groups in total. The van der Waals surface area contributed by atoms with Gasteiger partial charge in [-0.25, -0.2) is 26.9 Å². The normalized spacial score (nSPS) is 13.9. The zero-order valence-electron chi connectivity index (χ0n) is 13.3. The number of ether oxygens (including phenoxy) is 1. The van der Waals surface area contributed by atoms with E-state index in [1.807, 2.05) is 0 Å². The average molecular weight is 362 g/mol. The monoisotopic (exact) mass is 362 g/mol. The summed E-state index contributed by atoms with van der Waals surface area (Å²) in [6, 6.07) is 6.46. The van der Waals surface area contributed by atoms with E-state index >= 15 is 0 Å². The Hall–Kier alpha value is -2.74. The summed E-state index contributed by atoms with van der Waals surface area (Å²) in [5.41, 5.74) is 1.43. The second-order valence-electron chi connectivity index (χ2n) is 5.39. The molecule has 1 aromatic heterocycles. The van der Waals surface area contributed by atoms with Gasteiger partial charge in [-0.2, -0.15) is 0 Å². The molecule has 0 saturated heterocycles. The highest BCUT2D eigenvalue weighted by molar-refractivity contribution is 7.92. The molecule has 0 spiro atoms. The Labute approximate surface area is 144 Å². The van der Waals surface area contributed by atoms with Crippen LogP contribution in [0.15, 0.2) is 47.5 Å². The minimum atomic E-state index is -3.80. The van der Waals surface area contributed by atoms with Gasteiger partial charge in [0.15, 0.2) is 0 Å². The lowest BCUT2D eigenvalue weighted by molar-refractivity contribution is -0.134. The summed E-state index contributed by atoms with van der Waals surface area (Å²) in [6.07, 6.45) is 4.81. The molecule has 1 aliphatic rings. The SMILES string of the molecule is COC(=O)/C=C/c1cnc2c(c1)CCN2S(=O)(=O)c1ccc(F)cc1. The molecular weight excluding hydrogens is 347 g/mol. The summed E-state index contributed by atoms with van der Waals surface area (Å²) < 4.78 is 44.2. The van der Waals surface area contributed by atoms with Crippen LogP contribution in [0.2, 0.25) is 0 Å². The molecule has 0 atom stereocenters. The number of pyridine rings is 1. The number of hydrogen-bond acceptors (Lipinski definition) is 5. The third-order valence-electron chi connectivity index (χ3n) is 3.80. The van der Waals surface area contributed by atoms with E-state index < -0.39 is 21.8 Å². The van der Waals surface area contributed by atoms with Crippen molar-refractivity contribution in [2.45, 2.75) is 11.3 Å². The molecule has 2 aromatic rings. The Morgan fingerprint density at radius 1 is 1.32 bits per heavy atom. The number of sulfonamides is 1. The van der Waals surface area contributed by atoms with Crippen LogP contribution in [0.5, 0.6) is 0 Å². The fourth-order valence-corrected chi connectivity index (χ4v) is 4.01. The van der Waals surface area contributed by atoms with E-state index in [1.54, 1.807) is 12.1 Å². The molecular formula is C17H15FN2O4S. The Kier molecular flexibility index (Phi) is 4.54. The maximum absolute atomic E-state index is 13.0. The van der Waals surface area contributed by atoms with Gasteiger partial charge in [-0.15, -0.1) is 0 Å². The summed E-state index contributed by atoms with van der Waals surface area (Å²) >= 11 is 0. The van der Waals surface area contributed by atoms with Gasteiger partial charge in [0, 0.05) is 18.8 Å². The molecule has 0 fully saturated rings. The predicted octanol–water partition coefficient (Wildman–Crippen LogP) is 2.16. The Morgan fingerprint density at radius 2 is 2.04 bits per heavy atom. The van der Waals surface area contributed by atoms with Gasteiger partial charge in [-0.3, -0.25) is 0 Å². The lowest BCUT2D eigenvalue weighted by atomic mass is 10.1. The van der Waals surface area contributed by atoms with E-state index in [0.29, 0.717) is 17.8 Å². The van der Waals surface area contributed by atoms with Gasteiger partial charge in [0.1, 0.15) is 11.6 Å². The summed E-state index contributed by atoms with van der Waals surface area (Å²) in [7, 11) is -2.52. The van der Waals surface area contributed by atoms with Crippen molar-refractivity contribution in [2.75, 3.05) is 18.0 Å². The molecule has 8 heteroatoms. The first-order valence-corrected chi connectivity index (χ1v) is 8.89. The van der Waals surface area contributed by atoms with Gasteiger partial charge in [-0.1, -0.05) is 0 Å². The van der Waals surface area contributed by atoms with Gasteiger partial charge in [0.25, 0.3) is 10.0 Å². The van der Waals surface area contributed by atoms with Crippen LogP contribution in [0.1, 0.15) is 11.1 Å². The number of halogens is 1. The highest BCUT2D eigenvalue weighted by Gasteiger charge is 2.32. The number of rotatable bonds is 4. The average Bonchev–Trinajstić information content (AvgIpc) is 3.04. The maximum Gasteiger partial charge on any atom is 0.330 e. The number of fused-ring (bicyclic) bond motifs is 1. The molecule has 2 heterocycles. The van der Waals surface area contributed by atoms with Crippen LogP contribution in [0, 0.1) is 5.82 Å². The molecule has 3 rings (SSSR count). The van der Waals surface area contributed by atoms with E-state index in [-0.39, 0.29) is 11.4 Å². The smallest absolute Gasteiger partial charge is 0.330 e. The van der Waals surface area contributed by atoms with Crippen LogP contribution in [-0.2, 0) is 26.0 Å². The largest absolute Gasteiger partial charge is 0.466 e. The number of hydrogen-bond donors (Lipinski definition) is 0. The predicted molar refractivity (Wildman–Crippen MR) is 89.9 cm³/mol. The third kappa shape index (κ3) is 3.39. The number of methoxy groups -OCH3 is 1. The van der Waals surface area contributed by atoms with Crippen molar-refractivity contribution in [1.29, 1.82) is 0 Å². The molecule has 6 nitrogen and oxygen atoms in total. The van der Waals surface area contributed by atoms with E-state index in [4.69, 9.17) is 0 Å². The van der Waals surface area contributed by atoms with Crippen LogP contribution in [0.3, 0.4) is 0 Å². The summed E-state index contributed by atoms with van der Waals surface area (Å²) in [6.45, 7) is 0.256. The molecule has 0 amide bonds. The molecule has 0 aliphatic carbocycles. The molecule has 0 saturated carbocycles. The first-order valence-electron chi connectivity index (χ1n) is 7.45. The van der Waals surface area contributed by atoms with Gasteiger partial charge in [-0.05, 0) is 54.0 Å². The summed E-state index contributed by atoms with van der Waals surface area (Å²) in [5, 5.41) is 0. The van der Waals surface area contributed by atoms with Gasteiger partial charge in [0.05, 0.1) is 12.0 Å². The van der Waals surface area contributed by atoms with Gasteiger partial charge < -0.3 is 4.74 Å². The van der Waals surface area contributed by atoms with Crippen molar-refractivity contribution in [2.24, 2.45) is 0 Å². The standard InChI is InChI=1S/C17H15FN2O4S/c1-24-16(21)7-2-12-10-13-8-9-20(17(13)19-11-12)25(22,23)15-5-3-14(18)4-6-15/h2-7,10-11H,8-9H2,1H3/b7-2+. The number of benzene rings is 1. The van der Waals surface area contributed by atoms with Crippen LogP contribution in [0.4, 0.5) is 10.2 Å². The van der Waals surface area contributed by atoms with Crippen molar-refractivity contribution in [3.63, 3.8) is 0 Å². The van der Waals surface area contributed by atoms with Crippen LogP contribution in [-0.4, -0.2) is 33.0 Å². The Bertz CT molecular complexity index is 940. The lowest BCUT2D eigenvalue weighted by Crippen LogP contribution is -2.29. The lowest BCUT2D eigenvalue weighted by Gasteiger charge is -2.18. The number of anilines is 1. The van der Waals surface area contributed by atoms with E-state index in [0.717, 1.165) is 17.7 Å². The maximum atomic E-state index is 13.0. The Morgan fingerprint density at radius 3 is 2.72 bits per heavy atom. The topological polar surface area (TPSA) is 76.6 Å². The van der Waals surface area contributed by atoms with Crippen molar-refractivity contribution >= 4 is 27.9 Å². The molecule has 25 heavy (non-hydrogen) atoms. The highest BCUT2D eigenvalue weighted by atomic mass is 32.2. The molecule has 130 valence electrons. The van der Waals surface area contributed by atoms with Crippen LogP contribution < -0.4 is 4.31 Å². The summed E-state index contributed by atoms with van der Waals surface area (Å²) in [4.78, 5) is 15.4. The molecule has 1 aromatic carbocycles. The van der Waals surface area contributed by atoms with E-state index in [2.05, 4.69) is 9.72 Å². The number of nitrogens with zero attached hydrogens (tertiary/aromatic N) is 2.